The molecular weight excluding hydrogens is 472 g/mol. The van der Waals surface area contributed by atoms with E-state index < -0.39 is 0 Å². The van der Waals surface area contributed by atoms with Crippen molar-refractivity contribution < 1.29 is 0 Å². The molecule has 1 aliphatic carbocycles. The van der Waals surface area contributed by atoms with Gasteiger partial charge in [-0.15, -0.1) is 0 Å². The first kappa shape index (κ1) is 27.6. The molecule has 1 aliphatic rings. The predicted octanol–water partition coefficient (Wildman–Crippen LogP) is 9.84. The van der Waals surface area contributed by atoms with E-state index in [0.717, 1.165) is 13.1 Å². The molecule has 0 amide bonds. The van der Waals surface area contributed by atoms with Crippen LogP contribution in [-0.4, -0.2) is 37.0 Å². The third-order valence-corrected chi connectivity index (χ3v) is 9.01. The van der Waals surface area contributed by atoms with Gasteiger partial charge < -0.3 is 0 Å². The molecule has 0 bridgehead atoms. The molecule has 0 aliphatic heterocycles. The van der Waals surface area contributed by atoms with Crippen molar-refractivity contribution in [2.24, 2.45) is 0 Å². The third kappa shape index (κ3) is 4.83. The molecular formula is C37H46N2. The van der Waals surface area contributed by atoms with Crippen molar-refractivity contribution in [1.29, 1.82) is 0 Å². The van der Waals surface area contributed by atoms with Crippen LogP contribution in [0.25, 0.3) is 38.7 Å². The van der Waals surface area contributed by atoms with Crippen molar-refractivity contribution in [1.82, 2.24) is 9.80 Å². The summed E-state index contributed by atoms with van der Waals surface area (Å²) in [6, 6.07) is 25.4. The van der Waals surface area contributed by atoms with E-state index >= 15 is 0 Å². The summed E-state index contributed by atoms with van der Waals surface area (Å²) in [7, 11) is 4.74. The lowest BCUT2D eigenvalue weighted by Crippen LogP contribution is -2.55. The summed E-state index contributed by atoms with van der Waals surface area (Å²) in [5, 5.41) is 5.31. The molecule has 0 fully saturated rings. The maximum atomic E-state index is 4.03. The molecule has 0 aromatic heterocycles. The lowest BCUT2D eigenvalue weighted by atomic mass is 9.90. The standard InChI is InChI=1S/C37H46N2/c1-6-9-11-15-25-38(4)37(39(5)26-16-12-10-7-2)33-23-20-29-17-13-14-18-31(29)35(33)36-32-22-19-28(8-3)27-30(32)21-24-34(36)37/h8,13-14,17-24,27H,3,6-7,9-12,15-16,25-26H2,1-2,4-5H3. The van der Waals surface area contributed by atoms with Gasteiger partial charge in [0.05, 0.1) is 0 Å². The molecule has 0 spiro atoms. The number of nitrogens with zero attached hydrogens (tertiary/aromatic N) is 2. The zero-order chi connectivity index (χ0) is 27.4. The Morgan fingerprint density at radius 3 is 1.79 bits per heavy atom. The molecule has 204 valence electrons. The van der Waals surface area contributed by atoms with Crippen LogP contribution in [0.5, 0.6) is 0 Å². The van der Waals surface area contributed by atoms with Gasteiger partial charge in [-0.1, -0.05) is 126 Å². The molecule has 4 aromatic carbocycles. The minimum Gasteiger partial charge on any atom is -0.281 e. The van der Waals surface area contributed by atoms with Crippen LogP contribution in [0.2, 0.25) is 0 Å². The summed E-state index contributed by atoms with van der Waals surface area (Å²) in [6.07, 6.45) is 12.1. The molecule has 0 radical (unpaired) electrons. The van der Waals surface area contributed by atoms with Gasteiger partial charge in [-0.25, -0.2) is 0 Å². The maximum absolute atomic E-state index is 4.03. The second kappa shape index (κ2) is 12.1. The first-order valence-electron chi connectivity index (χ1n) is 15.2. The Balaban J connectivity index is 1.77. The average Bonchev–Trinajstić information content (AvgIpc) is 3.29. The molecule has 4 aromatic rings. The van der Waals surface area contributed by atoms with Crippen LogP contribution in [0.1, 0.15) is 81.9 Å². The van der Waals surface area contributed by atoms with Gasteiger partial charge in [-0.3, -0.25) is 9.80 Å². The summed E-state index contributed by atoms with van der Waals surface area (Å²) in [5.41, 5.74) is 6.58. The first-order chi connectivity index (χ1) is 19.1. The fourth-order valence-corrected chi connectivity index (χ4v) is 7.00. The lowest BCUT2D eigenvalue weighted by molar-refractivity contribution is 0.00247. The predicted molar refractivity (Wildman–Crippen MR) is 171 cm³/mol. The molecule has 0 unspecified atom stereocenters. The second-order valence-corrected chi connectivity index (χ2v) is 11.5. The van der Waals surface area contributed by atoms with Crippen LogP contribution >= 0.6 is 0 Å². The second-order valence-electron chi connectivity index (χ2n) is 11.5. The Morgan fingerprint density at radius 2 is 1.21 bits per heavy atom. The summed E-state index contributed by atoms with van der Waals surface area (Å²) >= 11 is 0. The normalized spacial score (nSPS) is 13.9. The SMILES string of the molecule is C=Cc1ccc2c3c(ccc2c1)C(N(C)CCCCCC)(N(C)CCCCCC)c1ccc2ccccc2c1-3. The highest BCUT2D eigenvalue weighted by Crippen LogP contribution is 2.56. The summed E-state index contributed by atoms with van der Waals surface area (Å²) < 4.78 is 0. The van der Waals surface area contributed by atoms with Gasteiger partial charge in [0.2, 0.25) is 0 Å². The Hall–Kier alpha value is -2.94. The van der Waals surface area contributed by atoms with Crippen molar-refractivity contribution in [2.75, 3.05) is 27.2 Å². The summed E-state index contributed by atoms with van der Waals surface area (Å²) in [5.74, 6) is 0. The number of hydrogen-bond donors (Lipinski definition) is 0. The fraction of sp³-hybridized carbons (Fsp3) is 0.405. The summed E-state index contributed by atoms with van der Waals surface area (Å²) in [4.78, 5) is 5.34. The monoisotopic (exact) mass is 518 g/mol. The van der Waals surface area contributed by atoms with E-state index in [1.807, 2.05) is 6.08 Å². The van der Waals surface area contributed by atoms with Crippen LogP contribution in [0.4, 0.5) is 0 Å². The van der Waals surface area contributed by atoms with Gasteiger partial charge in [-0.2, -0.15) is 0 Å². The van der Waals surface area contributed by atoms with Gasteiger partial charge in [0.25, 0.3) is 0 Å². The summed E-state index contributed by atoms with van der Waals surface area (Å²) in [6.45, 7) is 10.8. The zero-order valence-corrected chi connectivity index (χ0v) is 24.6. The van der Waals surface area contributed by atoms with E-state index in [1.54, 1.807) is 0 Å². The van der Waals surface area contributed by atoms with Crippen LogP contribution in [0, 0.1) is 0 Å². The van der Waals surface area contributed by atoms with Crippen molar-refractivity contribution in [3.63, 3.8) is 0 Å². The van der Waals surface area contributed by atoms with Gasteiger partial charge in [0.15, 0.2) is 0 Å². The molecule has 0 heterocycles. The minimum atomic E-state index is -0.293. The quantitative estimate of drug-likeness (QED) is 0.128. The molecule has 0 atom stereocenters. The smallest absolute Gasteiger partial charge is 0.127 e. The van der Waals surface area contributed by atoms with Gasteiger partial charge in [-0.05, 0) is 71.2 Å². The molecule has 5 rings (SSSR count). The first-order valence-corrected chi connectivity index (χ1v) is 15.2. The molecule has 2 heteroatoms. The van der Waals surface area contributed by atoms with Crippen molar-refractivity contribution in [2.45, 2.75) is 70.9 Å². The number of fused-ring (bicyclic) bond motifs is 7. The Labute approximate surface area is 236 Å². The lowest BCUT2D eigenvalue weighted by Gasteiger charge is -2.47. The number of benzene rings is 4. The van der Waals surface area contributed by atoms with E-state index in [9.17, 15) is 0 Å². The van der Waals surface area contributed by atoms with E-state index in [4.69, 9.17) is 0 Å². The van der Waals surface area contributed by atoms with E-state index in [1.165, 1.54) is 101 Å². The molecule has 2 nitrogen and oxygen atoms in total. The van der Waals surface area contributed by atoms with Gasteiger partial charge >= 0.3 is 0 Å². The van der Waals surface area contributed by atoms with Crippen molar-refractivity contribution in [3.05, 3.63) is 90.0 Å². The maximum Gasteiger partial charge on any atom is 0.127 e. The molecule has 0 N–H and O–H groups in total. The average molecular weight is 519 g/mol. The molecule has 0 saturated heterocycles. The Morgan fingerprint density at radius 1 is 0.641 bits per heavy atom. The van der Waals surface area contributed by atoms with Crippen molar-refractivity contribution >= 4 is 27.6 Å². The van der Waals surface area contributed by atoms with E-state index in [-0.39, 0.29) is 5.66 Å². The van der Waals surface area contributed by atoms with Crippen LogP contribution in [0.15, 0.2) is 73.3 Å². The molecule has 39 heavy (non-hydrogen) atoms. The topological polar surface area (TPSA) is 6.48 Å². The highest BCUT2D eigenvalue weighted by atomic mass is 15.4. The fourth-order valence-electron chi connectivity index (χ4n) is 7.00. The van der Waals surface area contributed by atoms with Crippen molar-refractivity contribution in [3.8, 4) is 11.1 Å². The zero-order valence-electron chi connectivity index (χ0n) is 24.6. The van der Waals surface area contributed by atoms with E-state index in [0.29, 0.717) is 0 Å². The van der Waals surface area contributed by atoms with Crippen LogP contribution < -0.4 is 0 Å². The third-order valence-electron chi connectivity index (χ3n) is 9.01. The van der Waals surface area contributed by atoms with E-state index in [2.05, 4.69) is 111 Å². The number of rotatable bonds is 13. The highest BCUT2D eigenvalue weighted by molar-refractivity contribution is 6.11. The highest BCUT2D eigenvalue weighted by Gasteiger charge is 2.50. The van der Waals surface area contributed by atoms with Crippen LogP contribution in [0.3, 0.4) is 0 Å². The molecule has 0 saturated carbocycles. The van der Waals surface area contributed by atoms with Gasteiger partial charge in [0.1, 0.15) is 5.66 Å². The minimum absolute atomic E-state index is 0.293. The number of hydrogen-bond acceptors (Lipinski definition) is 2. The Kier molecular flexibility index (Phi) is 8.54. The Bertz CT molecular complexity index is 1430. The van der Waals surface area contributed by atoms with Gasteiger partial charge in [0, 0.05) is 24.2 Å². The van der Waals surface area contributed by atoms with Crippen LogP contribution in [-0.2, 0) is 5.66 Å². The largest absolute Gasteiger partial charge is 0.281 e. The number of unbranched alkanes of at least 4 members (excludes halogenated alkanes) is 6.